The Labute approximate surface area is 141 Å². The van der Waals surface area contributed by atoms with Crippen molar-refractivity contribution in [2.45, 2.75) is 0 Å². The smallest absolute Gasteiger partial charge is 0.126 e. The van der Waals surface area contributed by atoms with Gasteiger partial charge in [-0.2, -0.15) is 5.26 Å². The van der Waals surface area contributed by atoms with Crippen LogP contribution in [0.5, 0.6) is 11.5 Å². The molecule has 3 heteroatoms. The van der Waals surface area contributed by atoms with E-state index in [-0.39, 0.29) is 0 Å². The zero-order valence-corrected chi connectivity index (χ0v) is 13.6. The van der Waals surface area contributed by atoms with Gasteiger partial charge in [-0.3, -0.25) is 0 Å². The van der Waals surface area contributed by atoms with E-state index in [9.17, 15) is 5.26 Å². The first kappa shape index (κ1) is 15.6. The molecule has 3 aromatic rings. The van der Waals surface area contributed by atoms with Crippen LogP contribution in [0.1, 0.15) is 11.1 Å². The Balaban J connectivity index is 2.10. The fourth-order valence-corrected chi connectivity index (χ4v) is 2.64. The minimum atomic E-state index is 0.576. The van der Waals surface area contributed by atoms with Gasteiger partial charge in [0.15, 0.2) is 0 Å². The highest BCUT2D eigenvalue weighted by atomic mass is 16.5. The van der Waals surface area contributed by atoms with Crippen molar-refractivity contribution in [2.75, 3.05) is 14.2 Å². The van der Waals surface area contributed by atoms with Crippen LogP contribution in [0.15, 0.2) is 60.7 Å². The molecule has 24 heavy (non-hydrogen) atoms. The molecule has 0 unspecified atom stereocenters. The summed E-state index contributed by atoms with van der Waals surface area (Å²) in [5.74, 6) is 1.42. The Morgan fingerprint density at radius 1 is 0.917 bits per heavy atom. The van der Waals surface area contributed by atoms with Gasteiger partial charge in [0.05, 0.1) is 25.9 Å². The zero-order valence-electron chi connectivity index (χ0n) is 13.6. The maximum absolute atomic E-state index is 9.61. The molecule has 0 aliphatic heterocycles. The molecule has 0 atom stereocenters. The fourth-order valence-electron chi connectivity index (χ4n) is 2.64. The van der Waals surface area contributed by atoms with Gasteiger partial charge in [-0.15, -0.1) is 0 Å². The lowest BCUT2D eigenvalue weighted by Crippen LogP contribution is -1.90. The van der Waals surface area contributed by atoms with Crippen LogP contribution in [0, 0.1) is 11.3 Å². The first-order valence-corrected chi connectivity index (χ1v) is 7.58. The second-order valence-corrected chi connectivity index (χ2v) is 5.34. The molecular weight excluding hydrogens is 298 g/mol. The second-order valence-electron chi connectivity index (χ2n) is 5.34. The third-order valence-corrected chi connectivity index (χ3v) is 3.92. The van der Waals surface area contributed by atoms with Crippen molar-refractivity contribution in [1.82, 2.24) is 0 Å². The van der Waals surface area contributed by atoms with Crippen LogP contribution in [0.3, 0.4) is 0 Å². The highest BCUT2D eigenvalue weighted by molar-refractivity contribution is 5.94. The number of nitrogens with zero attached hydrogens (tertiary/aromatic N) is 1. The van der Waals surface area contributed by atoms with Gasteiger partial charge in [0.2, 0.25) is 0 Å². The molecule has 118 valence electrons. The molecule has 0 spiro atoms. The lowest BCUT2D eigenvalue weighted by Gasteiger charge is -2.08. The second kappa shape index (κ2) is 6.89. The summed E-state index contributed by atoms with van der Waals surface area (Å²) >= 11 is 0. The van der Waals surface area contributed by atoms with Crippen LogP contribution in [-0.2, 0) is 0 Å². The van der Waals surface area contributed by atoms with E-state index in [4.69, 9.17) is 9.47 Å². The lowest BCUT2D eigenvalue weighted by molar-refractivity contribution is 0.402. The van der Waals surface area contributed by atoms with Crippen LogP contribution in [0.25, 0.3) is 22.4 Å². The Morgan fingerprint density at radius 2 is 1.71 bits per heavy atom. The third kappa shape index (κ3) is 3.09. The maximum atomic E-state index is 9.61. The maximum Gasteiger partial charge on any atom is 0.126 e. The number of nitriles is 1. The Morgan fingerprint density at radius 3 is 2.42 bits per heavy atom. The molecule has 0 aliphatic carbocycles. The molecule has 0 N–H and O–H groups in total. The summed E-state index contributed by atoms with van der Waals surface area (Å²) in [6.07, 6.45) is 1.82. The molecule has 0 heterocycles. The summed E-state index contributed by atoms with van der Waals surface area (Å²) in [4.78, 5) is 0. The van der Waals surface area contributed by atoms with Crippen LogP contribution in [-0.4, -0.2) is 14.2 Å². The van der Waals surface area contributed by atoms with Crippen molar-refractivity contribution in [3.05, 3.63) is 71.8 Å². The first-order valence-electron chi connectivity index (χ1n) is 7.58. The van der Waals surface area contributed by atoms with E-state index >= 15 is 0 Å². The molecule has 0 bridgehead atoms. The SMILES string of the molecule is COc1ccc(OC)c(C=C(C#N)c2ccc3ccccc3c2)c1. The van der Waals surface area contributed by atoms with E-state index in [1.807, 2.05) is 60.7 Å². The number of methoxy groups -OCH3 is 2. The molecule has 0 saturated carbocycles. The molecule has 0 aromatic heterocycles. The van der Waals surface area contributed by atoms with Gasteiger partial charge in [-0.05, 0) is 46.7 Å². The van der Waals surface area contributed by atoms with Crippen LogP contribution in [0.2, 0.25) is 0 Å². The molecule has 0 amide bonds. The van der Waals surface area contributed by atoms with E-state index in [2.05, 4.69) is 12.1 Å². The number of hydrogen-bond acceptors (Lipinski definition) is 3. The molecule has 3 aromatic carbocycles. The molecular formula is C21H17NO2. The van der Waals surface area contributed by atoms with Gasteiger partial charge in [-0.1, -0.05) is 36.4 Å². The average Bonchev–Trinajstić information content (AvgIpc) is 2.65. The number of fused-ring (bicyclic) bond motifs is 1. The quantitative estimate of drug-likeness (QED) is 0.507. The third-order valence-electron chi connectivity index (χ3n) is 3.92. The minimum Gasteiger partial charge on any atom is -0.497 e. The summed E-state index contributed by atoms with van der Waals surface area (Å²) in [5.41, 5.74) is 2.26. The average molecular weight is 315 g/mol. The summed E-state index contributed by atoms with van der Waals surface area (Å²) in [6.45, 7) is 0. The van der Waals surface area contributed by atoms with Crippen molar-refractivity contribution >= 4 is 22.4 Å². The first-order chi connectivity index (χ1) is 11.7. The molecule has 0 saturated heterocycles. The molecule has 0 aliphatic rings. The topological polar surface area (TPSA) is 42.2 Å². The van der Waals surface area contributed by atoms with Crippen molar-refractivity contribution in [3.8, 4) is 17.6 Å². The van der Waals surface area contributed by atoms with E-state index < -0.39 is 0 Å². The van der Waals surface area contributed by atoms with E-state index in [0.29, 0.717) is 11.3 Å². The molecule has 0 fully saturated rings. The van der Waals surface area contributed by atoms with Crippen molar-refractivity contribution < 1.29 is 9.47 Å². The van der Waals surface area contributed by atoms with Crippen LogP contribution < -0.4 is 9.47 Å². The van der Waals surface area contributed by atoms with Gasteiger partial charge in [0.1, 0.15) is 11.5 Å². The number of hydrogen-bond donors (Lipinski definition) is 0. The van der Waals surface area contributed by atoms with Gasteiger partial charge < -0.3 is 9.47 Å². The largest absolute Gasteiger partial charge is 0.497 e. The lowest BCUT2D eigenvalue weighted by atomic mass is 10.00. The summed E-state index contributed by atoms with van der Waals surface area (Å²) in [6, 6.07) is 21.9. The van der Waals surface area contributed by atoms with E-state index in [1.165, 1.54) is 0 Å². The number of benzene rings is 3. The Hall–Kier alpha value is -3.25. The van der Waals surface area contributed by atoms with Crippen LogP contribution >= 0.6 is 0 Å². The predicted octanol–water partition coefficient (Wildman–Crippen LogP) is 4.92. The summed E-state index contributed by atoms with van der Waals surface area (Å²) in [7, 11) is 3.23. The van der Waals surface area contributed by atoms with Gasteiger partial charge in [-0.25, -0.2) is 0 Å². The van der Waals surface area contributed by atoms with Gasteiger partial charge in [0.25, 0.3) is 0 Å². The summed E-state index contributed by atoms with van der Waals surface area (Å²) < 4.78 is 10.7. The Kier molecular flexibility index (Phi) is 4.49. The zero-order chi connectivity index (χ0) is 16.9. The van der Waals surface area contributed by atoms with Gasteiger partial charge in [0, 0.05) is 5.56 Å². The van der Waals surface area contributed by atoms with Crippen molar-refractivity contribution in [3.63, 3.8) is 0 Å². The molecule has 3 rings (SSSR count). The van der Waals surface area contributed by atoms with Crippen LogP contribution in [0.4, 0.5) is 0 Å². The summed E-state index contributed by atoms with van der Waals surface area (Å²) in [5, 5.41) is 11.9. The van der Waals surface area contributed by atoms with E-state index in [1.54, 1.807) is 14.2 Å². The number of rotatable bonds is 4. The monoisotopic (exact) mass is 315 g/mol. The minimum absolute atomic E-state index is 0.576. The Bertz CT molecular complexity index is 951. The van der Waals surface area contributed by atoms with Crippen molar-refractivity contribution in [2.24, 2.45) is 0 Å². The highest BCUT2D eigenvalue weighted by Gasteiger charge is 2.07. The standard InChI is InChI=1S/C21H17NO2/c1-23-20-9-10-21(24-2)18(13-20)12-19(14-22)17-8-7-15-5-3-4-6-16(15)11-17/h3-13H,1-2H3. The highest BCUT2D eigenvalue weighted by Crippen LogP contribution is 2.29. The van der Waals surface area contributed by atoms with E-state index in [0.717, 1.165) is 27.6 Å². The van der Waals surface area contributed by atoms with Crippen molar-refractivity contribution in [1.29, 1.82) is 5.26 Å². The molecule has 0 radical (unpaired) electrons. The normalized spacial score (nSPS) is 11.1. The number of ether oxygens (including phenoxy) is 2. The van der Waals surface area contributed by atoms with Gasteiger partial charge >= 0.3 is 0 Å². The number of allylic oxidation sites excluding steroid dienone is 1. The fraction of sp³-hybridized carbons (Fsp3) is 0.0952. The molecule has 3 nitrogen and oxygen atoms in total. The predicted molar refractivity (Wildman–Crippen MR) is 97.0 cm³/mol.